The fraction of sp³-hybridized carbons (Fsp3) is 0.238. The number of para-hydroxylation sites is 2. The molecule has 0 bridgehead atoms. The first-order chi connectivity index (χ1) is 32.9. The van der Waals surface area contributed by atoms with Gasteiger partial charge in [0.25, 0.3) is 0 Å². The summed E-state index contributed by atoms with van der Waals surface area (Å²) in [6, 6.07) is 58.3. The fourth-order valence-corrected chi connectivity index (χ4v) is 13.6. The van der Waals surface area contributed by atoms with E-state index in [0.29, 0.717) is 0 Å². The van der Waals surface area contributed by atoms with Crippen LogP contribution in [-0.2, 0) is 25.5 Å². The number of aromatic nitrogens is 3. The molecule has 69 heavy (non-hydrogen) atoms. The molecule has 1 aliphatic carbocycles. The van der Waals surface area contributed by atoms with E-state index in [2.05, 4.69) is 196 Å². The number of fused-ring (bicyclic) bond motifs is 7. The van der Waals surface area contributed by atoms with Gasteiger partial charge in [0.2, 0.25) is 0 Å². The first-order valence-electron chi connectivity index (χ1n) is 24.6. The van der Waals surface area contributed by atoms with Crippen LogP contribution in [0.25, 0.3) is 83.6 Å². The Morgan fingerprint density at radius 3 is 2.01 bits per heavy atom. The van der Waals surface area contributed by atoms with E-state index in [0.717, 1.165) is 61.2 Å². The quantitative estimate of drug-likeness (QED) is 0.112. The Labute approximate surface area is 426 Å². The van der Waals surface area contributed by atoms with Crippen LogP contribution in [0.4, 0.5) is 0 Å². The Morgan fingerprint density at radius 2 is 1.33 bits per heavy atom. The molecule has 10 aromatic rings. The molecule has 6 heteroatoms. The number of furan rings is 1. The Bertz CT molecular complexity index is 3530. The van der Waals surface area contributed by atoms with Gasteiger partial charge in [0.05, 0.1) is 22.4 Å². The maximum absolute atomic E-state index is 8.44. The van der Waals surface area contributed by atoms with Crippen molar-refractivity contribution in [2.75, 3.05) is 0 Å². The molecular weight excluding hydrogens is 1080 g/mol. The fourth-order valence-electron chi connectivity index (χ4n) is 10.3. The van der Waals surface area contributed by atoms with Crippen molar-refractivity contribution in [1.82, 2.24) is 14.5 Å². The van der Waals surface area contributed by atoms with Crippen molar-refractivity contribution in [2.45, 2.75) is 95.8 Å². The number of pyridine rings is 1. The van der Waals surface area contributed by atoms with Gasteiger partial charge in [-0.25, -0.2) is 0 Å². The van der Waals surface area contributed by atoms with E-state index in [1.807, 2.05) is 50.4 Å². The van der Waals surface area contributed by atoms with Crippen LogP contribution >= 0.6 is 0 Å². The van der Waals surface area contributed by atoms with Crippen LogP contribution in [0.15, 0.2) is 156 Å². The summed E-state index contributed by atoms with van der Waals surface area (Å²) in [7, 11) is 0. The Hall–Kier alpha value is -5.85. The van der Waals surface area contributed by atoms with Gasteiger partial charge in [-0.3, -0.25) is 4.98 Å². The minimum Gasteiger partial charge on any atom is 0 e. The van der Waals surface area contributed by atoms with Gasteiger partial charge in [0.15, 0.2) is 0 Å². The zero-order valence-electron chi connectivity index (χ0n) is 42.7. The molecule has 0 atom stereocenters. The van der Waals surface area contributed by atoms with Gasteiger partial charge >= 0.3 is 120 Å². The molecule has 0 N–H and O–H groups in total. The third kappa shape index (κ3) is 8.66. The third-order valence-electron chi connectivity index (χ3n) is 13.9. The maximum Gasteiger partial charge on any atom is 0 e. The van der Waals surface area contributed by atoms with Crippen molar-refractivity contribution in [1.29, 1.82) is 0 Å². The van der Waals surface area contributed by atoms with Gasteiger partial charge in [-0.1, -0.05) is 119 Å². The number of rotatable bonds is 8. The number of hydrogen-bond acceptors (Lipinski definition) is 3. The van der Waals surface area contributed by atoms with E-state index >= 15 is 0 Å². The maximum atomic E-state index is 8.44. The molecule has 0 saturated heterocycles. The summed E-state index contributed by atoms with van der Waals surface area (Å²) in [6.07, 6.45) is 2.00. The summed E-state index contributed by atoms with van der Waals surface area (Å²) in [4.78, 5) is 9.97. The zero-order valence-corrected chi connectivity index (χ0v) is 46.2. The number of hydrogen-bond donors (Lipinski definition) is 0. The summed E-state index contributed by atoms with van der Waals surface area (Å²) in [6.45, 7) is 17.7. The molecule has 3 aromatic heterocycles. The van der Waals surface area contributed by atoms with Gasteiger partial charge in [0, 0.05) is 36.6 Å². The second-order valence-electron chi connectivity index (χ2n) is 20.8. The van der Waals surface area contributed by atoms with Gasteiger partial charge in [0.1, 0.15) is 5.58 Å². The molecule has 0 fully saturated rings. The third-order valence-corrected chi connectivity index (χ3v) is 18.1. The first-order valence-corrected chi connectivity index (χ1v) is 31.5. The molecule has 0 saturated carbocycles. The van der Waals surface area contributed by atoms with Crippen LogP contribution < -0.4 is 4.40 Å². The van der Waals surface area contributed by atoms with Crippen molar-refractivity contribution in [3.8, 4) is 50.6 Å². The van der Waals surface area contributed by atoms with Crippen molar-refractivity contribution in [3.63, 3.8) is 0 Å². The first kappa shape index (κ1) is 46.9. The van der Waals surface area contributed by atoms with E-state index in [4.69, 9.17) is 10.8 Å². The minimum absolute atomic E-state index is 0. The number of imidazole rings is 1. The molecule has 349 valence electrons. The Kier molecular flexibility index (Phi) is 12.8. The normalized spacial score (nSPS) is 13.3. The van der Waals surface area contributed by atoms with Gasteiger partial charge in [-0.2, -0.15) is 0 Å². The molecule has 0 aliphatic heterocycles. The zero-order chi connectivity index (χ0) is 48.6. The standard InChI is InChI=1S/C46H39N2O.C17H22GeN.Ir/c1-27(2)34-23-30(29-15-8-7-9-16-29)24-35(28(3)4)43(34)48-41-22-13-12-21-40(41)47-45(48)33-19-14-18-32-37-25-39-36(26-42(37)49-44(32)33)31-17-10-11-20-38(31)46(39,5)6;1-13(2)15-11-17(14-9-7-6-8-10-14)19-12-16(15)18(3,4)5;/h7-18,20-28H,1-6H3;6-9,11-13H,1-5H3;/q2*-1;/i;13D;. The molecule has 7 aromatic carbocycles. The van der Waals surface area contributed by atoms with E-state index in [1.54, 1.807) is 0 Å². The van der Waals surface area contributed by atoms with E-state index in [1.165, 1.54) is 54.6 Å². The van der Waals surface area contributed by atoms with Crippen LogP contribution in [-0.4, -0.2) is 27.8 Å². The Balaban J connectivity index is 0.000000244. The van der Waals surface area contributed by atoms with Crippen LogP contribution in [0.2, 0.25) is 17.3 Å². The number of benzene rings is 7. The second kappa shape index (κ2) is 18.8. The summed E-state index contributed by atoms with van der Waals surface area (Å²) < 4.78 is 19.0. The number of nitrogens with zero attached hydrogens (tertiary/aromatic N) is 3. The minimum atomic E-state index is -2.03. The van der Waals surface area contributed by atoms with Crippen molar-refractivity contribution >= 4 is 50.6 Å². The summed E-state index contributed by atoms with van der Waals surface area (Å²) >= 11 is -2.03. The van der Waals surface area contributed by atoms with Gasteiger partial charge < -0.3 is 8.98 Å². The molecule has 1 aliphatic rings. The van der Waals surface area contributed by atoms with E-state index in [-0.39, 0.29) is 37.4 Å². The largest absolute Gasteiger partial charge is 0 e. The molecule has 11 rings (SSSR count). The predicted octanol–water partition coefficient (Wildman–Crippen LogP) is 16.8. The van der Waals surface area contributed by atoms with Crippen LogP contribution in [0.5, 0.6) is 0 Å². The second-order valence-corrected chi connectivity index (χ2v) is 31.4. The van der Waals surface area contributed by atoms with Crippen LogP contribution in [0.1, 0.15) is 102 Å². The van der Waals surface area contributed by atoms with Crippen molar-refractivity contribution in [2.24, 2.45) is 0 Å². The van der Waals surface area contributed by atoms with Crippen molar-refractivity contribution in [3.05, 3.63) is 192 Å². The van der Waals surface area contributed by atoms with Gasteiger partial charge in [-0.05, 0) is 92.7 Å². The average molecular weight is 1140 g/mol. The van der Waals surface area contributed by atoms with E-state index in [9.17, 15) is 0 Å². The smallest absolute Gasteiger partial charge is 0 e. The van der Waals surface area contributed by atoms with E-state index < -0.39 is 19.2 Å². The predicted molar refractivity (Wildman–Crippen MR) is 289 cm³/mol. The Morgan fingerprint density at radius 1 is 0.652 bits per heavy atom. The topological polar surface area (TPSA) is 43.9 Å². The molecule has 0 amide bonds. The average Bonchev–Trinajstić information content (AvgIpc) is 3.98. The molecule has 0 unspecified atom stereocenters. The molecule has 1 radical (unpaired) electrons. The molecular formula is C63H61GeIrN3O-2. The summed E-state index contributed by atoms with van der Waals surface area (Å²) in [5, 5.41) is 2.22. The van der Waals surface area contributed by atoms with Crippen molar-refractivity contribution < 1.29 is 25.9 Å². The van der Waals surface area contributed by atoms with Crippen LogP contribution in [0, 0.1) is 12.1 Å². The SMILES string of the molecule is CC(C)c1cc(-c2ccccc2)cc(C(C)C)c1-n1c(-c2[c-]ccc3c2oc2cc4c(cc23)C(C)(C)c2ccccc2-4)nc2ccccc21.[2H]C(C)(C)c1cc(-c2[c-]cccc2)nc[c]1[Ge]([CH3])([CH3])[CH3].[Ir]. The summed E-state index contributed by atoms with van der Waals surface area (Å²) in [5.74, 6) is 7.86. The molecule has 0 spiro atoms. The summed E-state index contributed by atoms with van der Waals surface area (Å²) in [5.41, 5.74) is 19.1. The van der Waals surface area contributed by atoms with Crippen LogP contribution in [0.3, 0.4) is 0 Å². The monoisotopic (exact) mass is 1140 g/mol. The molecule has 3 heterocycles. The molecule has 4 nitrogen and oxygen atoms in total. The van der Waals surface area contributed by atoms with Gasteiger partial charge in [-0.15, -0.1) is 18.2 Å².